The van der Waals surface area contributed by atoms with E-state index in [9.17, 15) is 9.00 Å². The second-order valence-corrected chi connectivity index (χ2v) is 20.8. The minimum absolute atomic E-state index is 0.169. The van der Waals surface area contributed by atoms with Gasteiger partial charge >= 0.3 is 5.97 Å². The number of ether oxygens (including phenoxy) is 3. The molecular formula is C30H49NO5SSi. The van der Waals surface area contributed by atoms with E-state index < -0.39 is 29.3 Å². The summed E-state index contributed by atoms with van der Waals surface area (Å²) in [5.74, 6) is -0.155. The summed E-state index contributed by atoms with van der Waals surface area (Å²) in [5.41, 5.74) is 1.50. The number of carbonyl (C=O) groups excluding carboxylic acids is 1. The van der Waals surface area contributed by atoms with E-state index in [1.54, 1.807) is 6.08 Å². The Morgan fingerprint density at radius 3 is 2.32 bits per heavy atom. The number of rotatable bonds is 13. The number of esters is 1. The lowest BCUT2D eigenvalue weighted by Crippen LogP contribution is -2.62. The van der Waals surface area contributed by atoms with E-state index >= 15 is 0 Å². The lowest BCUT2D eigenvalue weighted by molar-refractivity contribution is -0.146. The Bertz CT molecular complexity index is 943. The number of carbonyl (C=O) groups is 1. The van der Waals surface area contributed by atoms with Gasteiger partial charge < -0.3 is 14.2 Å². The molecule has 1 saturated carbocycles. The maximum absolute atomic E-state index is 13.8. The smallest absolute Gasteiger partial charge is 0.314 e. The van der Waals surface area contributed by atoms with E-state index in [1.165, 1.54) is 6.42 Å². The SMILES string of the molecule is C=CCOC(=O)C(c1ccc(C2(N(COCC[Si](C)(C)C)S(=O)C(C)(C)C)COC2)cc1)C1CCCCC1. The van der Waals surface area contributed by atoms with Crippen LogP contribution in [0.5, 0.6) is 0 Å². The molecule has 2 atom stereocenters. The molecule has 2 aliphatic rings. The topological polar surface area (TPSA) is 65.1 Å². The fourth-order valence-electron chi connectivity index (χ4n) is 5.24. The first-order chi connectivity index (χ1) is 17.9. The van der Waals surface area contributed by atoms with Gasteiger partial charge in [0.2, 0.25) is 0 Å². The van der Waals surface area contributed by atoms with Gasteiger partial charge in [0.25, 0.3) is 0 Å². The molecule has 38 heavy (non-hydrogen) atoms. The van der Waals surface area contributed by atoms with Gasteiger partial charge in [0.05, 0.1) is 23.9 Å². The van der Waals surface area contributed by atoms with Crippen molar-refractivity contribution >= 4 is 25.0 Å². The Morgan fingerprint density at radius 1 is 1.18 bits per heavy atom. The van der Waals surface area contributed by atoms with Crippen LogP contribution < -0.4 is 0 Å². The number of nitrogens with zero attached hydrogens (tertiary/aromatic N) is 1. The van der Waals surface area contributed by atoms with Crippen LogP contribution >= 0.6 is 0 Å². The van der Waals surface area contributed by atoms with E-state index in [2.05, 4.69) is 50.5 Å². The Kier molecular flexibility index (Phi) is 11.0. The van der Waals surface area contributed by atoms with Crippen LogP contribution in [0.4, 0.5) is 0 Å². The third-order valence-corrected chi connectivity index (χ3v) is 11.2. The summed E-state index contributed by atoms with van der Waals surface area (Å²) in [7, 11) is -2.53. The lowest BCUT2D eigenvalue weighted by atomic mass is 9.76. The molecule has 0 spiro atoms. The molecule has 6 nitrogen and oxygen atoms in total. The van der Waals surface area contributed by atoms with Crippen molar-refractivity contribution in [3.05, 3.63) is 48.0 Å². The predicted octanol–water partition coefficient (Wildman–Crippen LogP) is 6.38. The lowest BCUT2D eigenvalue weighted by Gasteiger charge is -2.50. The fraction of sp³-hybridized carbons (Fsp3) is 0.700. The van der Waals surface area contributed by atoms with Crippen LogP contribution in [-0.2, 0) is 35.5 Å². The van der Waals surface area contributed by atoms with Gasteiger partial charge in [0.1, 0.15) is 29.9 Å². The summed E-state index contributed by atoms with van der Waals surface area (Å²) in [5, 5.41) is 0. The van der Waals surface area contributed by atoms with E-state index in [-0.39, 0.29) is 31.1 Å². The zero-order valence-electron chi connectivity index (χ0n) is 24.4. The van der Waals surface area contributed by atoms with Crippen molar-refractivity contribution in [3.63, 3.8) is 0 Å². The summed E-state index contributed by atoms with van der Waals surface area (Å²) in [6.07, 6.45) is 7.24. The van der Waals surface area contributed by atoms with Crippen molar-refractivity contribution in [1.29, 1.82) is 0 Å². The molecule has 0 bridgehead atoms. The fourth-order valence-corrected chi connectivity index (χ4v) is 7.35. The Labute approximate surface area is 234 Å². The molecular weight excluding hydrogens is 514 g/mol. The van der Waals surface area contributed by atoms with Crippen LogP contribution in [0, 0.1) is 5.92 Å². The molecule has 1 aromatic carbocycles. The van der Waals surface area contributed by atoms with Gasteiger partial charge in [-0.2, -0.15) is 4.31 Å². The van der Waals surface area contributed by atoms with Crippen LogP contribution in [0.2, 0.25) is 25.7 Å². The summed E-state index contributed by atoms with van der Waals surface area (Å²) in [4.78, 5) is 13.1. The molecule has 1 aliphatic heterocycles. The molecule has 1 heterocycles. The van der Waals surface area contributed by atoms with Crippen LogP contribution in [0.15, 0.2) is 36.9 Å². The van der Waals surface area contributed by atoms with E-state index in [0.717, 1.165) is 42.9 Å². The standard InChI is InChI=1S/C30H49NO5SSi/c1-8-18-36-28(32)27(24-12-10-9-11-13-24)25-14-16-26(17-15-25)30(21-35-22-30)31(37(33)29(2,3)4)23-34-19-20-38(5,6)7/h8,14-17,24,27H,1,9-13,18-23H2,2-7H3. The number of hydrogen-bond donors (Lipinski definition) is 0. The van der Waals surface area contributed by atoms with Gasteiger partial charge in [-0.15, -0.1) is 0 Å². The number of benzene rings is 1. The molecule has 3 rings (SSSR count). The van der Waals surface area contributed by atoms with Crippen molar-refractivity contribution in [2.45, 2.75) is 94.8 Å². The highest BCUT2D eigenvalue weighted by molar-refractivity contribution is 7.84. The summed E-state index contributed by atoms with van der Waals surface area (Å²) in [6, 6.07) is 9.36. The van der Waals surface area contributed by atoms with Gasteiger partial charge in [-0.1, -0.05) is 75.8 Å². The summed E-state index contributed by atoms with van der Waals surface area (Å²) >= 11 is 0. The molecule has 214 valence electrons. The molecule has 0 aromatic heterocycles. The molecule has 8 heteroatoms. The van der Waals surface area contributed by atoms with Crippen molar-refractivity contribution in [2.24, 2.45) is 5.92 Å². The van der Waals surface area contributed by atoms with E-state index in [0.29, 0.717) is 19.8 Å². The van der Waals surface area contributed by atoms with Crippen molar-refractivity contribution in [2.75, 3.05) is 33.2 Å². The zero-order chi connectivity index (χ0) is 28.0. The Balaban J connectivity index is 1.87. The first kappa shape index (κ1) is 31.2. The Hall–Kier alpha value is -1.32. The monoisotopic (exact) mass is 563 g/mol. The first-order valence-electron chi connectivity index (χ1n) is 14.1. The second kappa shape index (κ2) is 13.4. The van der Waals surface area contributed by atoms with Crippen molar-refractivity contribution in [3.8, 4) is 0 Å². The molecule has 0 amide bonds. The van der Waals surface area contributed by atoms with Crippen LogP contribution in [0.3, 0.4) is 0 Å². The predicted molar refractivity (Wildman–Crippen MR) is 158 cm³/mol. The van der Waals surface area contributed by atoms with Gasteiger partial charge in [-0.05, 0) is 56.7 Å². The quantitative estimate of drug-likeness (QED) is 0.0916. The highest BCUT2D eigenvalue weighted by atomic mass is 32.2. The summed E-state index contributed by atoms with van der Waals surface area (Å²) in [6.45, 7) is 18.8. The minimum Gasteiger partial charge on any atom is -0.461 e. The highest BCUT2D eigenvalue weighted by Crippen LogP contribution is 2.41. The van der Waals surface area contributed by atoms with Crippen molar-refractivity contribution < 1.29 is 23.2 Å². The van der Waals surface area contributed by atoms with Gasteiger partial charge in [-0.3, -0.25) is 4.79 Å². The molecule has 0 radical (unpaired) electrons. The maximum Gasteiger partial charge on any atom is 0.314 e. The average Bonchev–Trinajstić information content (AvgIpc) is 2.83. The third kappa shape index (κ3) is 7.87. The van der Waals surface area contributed by atoms with Crippen LogP contribution in [-0.4, -0.2) is 60.5 Å². The normalized spacial score (nSPS) is 20.0. The minimum atomic E-state index is -1.29. The summed E-state index contributed by atoms with van der Waals surface area (Å²) < 4.78 is 32.8. The van der Waals surface area contributed by atoms with Gasteiger partial charge in [0.15, 0.2) is 0 Å². The largest absolute Gasteiger partial charge is 0.461 e. The van der Waals surface area contributed by atoms with Gasteiger partial charge in [0, 0.05) is 14.7 Å². The molecule has 1 aromatic rings. The maximum atomic E-state index is 13.8. The molecule has 2 unspecified atom stereocenters. The third-order valence-electron chi connectivity index (χ3n) is 7.61. The van der Waals surface area contributed by atoms with Gasteiger partial charge in [-0.25, -0.2) is 4.21 Å². The van der Waals surface area contributed by atoms with E-state index in [4.69, 9.17) is 14.2 Å². The molecule has 0 N–H and O–H groups in total. The Morgan fingerprint density at radius 2 is 1.82 bits per heavy atom. The molecule has 1 aliphatic carbocycles. The zero-order valence-corrected chi connectivity index (χ0v) is 26.2. The average molecular weight is 564 g/mol. The second-order valence-electron chi connectivity index (χ2n) is 13.0. The van der Waals surface area contributed by atoms with Crippen LogP contribution in [0.1, 0.15) is 69.9 Å². The van der Waals surface area contributed by atoms with Crippen molar-refractivity contribution in [1.82, 2.24) is 4.31 Å². The molecule has 2 fully saturated rings. The van der Waals surface area contributed by atoms with Crippen LogP contribution in [0.25, 0.3) is 0 Å². The first-order valence-corrected chi connectivity index (χ1v) is 18.9. The van der Waals surface area contributed by atoms with E-state index in [1.807, 2.05) is 25.1 Å². The molecule has 1 saturated heterocycles. The number of hydrogen-bond acceptors (Lipinski definition) is 5. The highest BCUT2D eigenvalue weighted by Gasteiger charge is 2.50.